The summed E-state index contributed by atoms with van der Waals surface area (Å²) in [6, 6.07) is 4.83. The first kappa shape index (κ1) is 19.6. The van der Waals surface area contributed by atoms with Crippen LogP contribution in [0.5, 0.6) is 5.75 Å². The number of primary amides is 1. The number of carbonyl (C=O) groups excluding carboxylic acids is 1. The number of fused-ring (bicyclic) bond motifs is 1. The first-order chi connectivity index (χ1) is 12.8. The van der Waals surface area contributed by atoms with Gasteiger partial charge in [0.05, 0.1) is 16.7 Å². The molecule has 0 saturated heterocycles. The summed E-state index contributed by atoms with van der Waals surface area (Å²) in [6.45, 7) is 0.648. The Labute approximate surface area is 158 Å². The fourth-order valence-corrected chi connectivity index (χ4v) is 4.95. The lowest BCUT2D eigenvalue weighted by Crippen LogP contribution is -2.39. The number of sulfone groups is 1. The van der Waals surface area contributed by atoms with Crippen LogP contribution in [-0.2, 0) is 21.1 Å². The van der Waals surface area contributed by atoms with Crippen LogP contribution in [0.25, 0.3) is 0 Å². The number of aryl methyl sites for hydroxylation is 1. The van der Waals surface area contributed by atoms with Gasteiger partial charge in [0.1, 0.15) is 17.7 Å². The Balaban J connectivity index is 1.78. The summed E-state index contributed by atoms with van der Waals surface area (Å²) in [5.74, 6) is -0.430. The lowest BCUT2D eigenvalue weighted by molar-refractivity contribution is -0.119. The van der Waals surface area contributed by atoms with Crippen LogP contribution in [0.3, 0.4) is 0 Å². The highest BCUT2D eigenvalue weighted by molar-refractivity contribution is 7.92. The molecule has 8 heteroatoms. The van der Waals surface area contributed by atoms with Crippen LogP contribution in [0.1, 0.15) is 18.4 Å². The van der Waals surface area contributed by atoms with E-state index in [0.29, 0.717) is 12.3 Å². The average molecular weight is 394 g/mol. The minimum absolute atomic E-state index is 0.122. The SMILES string of the molecule is CN(CC(N)=O)C[C@H]1CCc2ccc(S(=O)(=O)C3C=C(F)C=CC3)cc2O1. The van der Waals surface area contributed by atoms with Gasteiger partial charge in [0.25, 0.3) is 0 Å². The van der Waals surface area contributed by atoms with Gasteiger partial charge in [0, 0.05) is 6.54 Å². The smallest absolute Gasteiger partial charge is 0.231 e. The molecule has 2 aliphatic rings. The zero-order chi connectivity index (χ0) is 19.6. The van der Waals surface area contributed by atoms with Crippen LogP contribution in [0.4, 0.5) is 4.39 Å². The second-order valence-corrected chi connectivity index (χ2v) is 9.15. The predicted octanol–water partition coefficient (Wildman–Crippen LogP) is 1.75. The van der Waals surface area contributed by atoms with Crippen molar-refractivity contribution in [2.75, 3.05) is 20.1 Å². The van der Waals surface area contributed by atoms with Gasteiger partial charge in [0.15, 0.2) is 9.84 Å². The summed E-state index contributed by atoms with van der Waals surface area (Å²) in [6.07, 6.45) is 5.54. The van der Waals surface area contributed by atoms with Gasteiger partial charge in [-0.3, -0.25) is 9.69 Å². The van der Waals surface area contributed by atoms with Crippen LogP contribution in [0.2, 0.25) is 0 Å². The van der Waals surface area contributed by atoms with E-state index in [-0.39, 0.29) is 24.0 Å². The summed E-state index contributed by atoms with van der Waals surface area (Å²) >= 11 is 0. The molecule has 0 fully saturated rings. The van der Waals surface area contributed by atoms with Crippen molar-refractivity contribution in [3.8, 4) is 5.75 Å². The Hall–Kier alpha value is -2.19. The third kappa shape index (κ3) is 4.56. The molecule has 3 rings (SSSR count). The highest BCUT2D eigenvalue weighted by atomic mass is 32.2. The molecule has 1 aromatic carbocycles. The molecule has 0 aromatic heterocycles. The lowest BCUT2D eigenvalue weighted by atomic mass is 10.0. The minimum atomic E-state index is -3.70. The molecular formula is C19H23FN2O4S. The van der Waals surface area contributed by atoms with E-state index in [9.17, 15) is 17.6 Å². The van der Waals surface area contributed by atoms with Crippen molar-refractivity contribution in [2.24, 2.45) is 5.73 Å². The minimum Gasteiger partial charge on any atom is -0.489 e. The maximum absolute atomic E-state index is 13.5. The van der Waals surface area contributed by atoms with Crippen molar-refractivity contribution in [1.82, 2.24) is 4.90 Å². The standard InChI is InChI=1S/C19H23FN2O4S/c1-22(12-19(21)23)11-15-7-5-13-6-8-17(10-18(13)26-15)27(24,25)16-4-2-3-14(20)9-16/h2-3,6,8-10,15-16H,4-5,7,11-12H2,1H3,(H2,21,23)/t15-,16?/m1/s1. The molecule has 6 nitrogen and oxygen atoms in total. The highest BCUT2D eigenvalue weighted by Gasteiger charge is 2.29. The molecule has 2 atom stereocenters. The van der Waals surface area contributed by atoms with Crippen LogP contribution < -0.4 is 10.5 Å². The molecule has 1 unspecified atom stereocenters. The fourth-order valence-electron chi connectivity index (χ4n) is 3.40. The molecule has 1 amide bonds. The molecule has 1 heterocycles. The van der Waals surface area contributed by atoms with Gasteiger partial charge >= 0.3 is 0 Å². The number of nitrogens with zero attached hydrogens (tertiary/aromatic N) is 1. The monoisotopic (exact) mass is 394 g/mol. The number of benzene rings is 1. The number of nitrogens with two attached hydrogens (primary N) is 1. The van der Waals surface area contributed by atoms with Crippen LogP contribution in [-0.4, -0.2) is 50.7 Å². The number of carbonyl (C=O) groups is 1. The Morgan fingerprint density at radius 3 is 2.89 bits per heavy atom. The number of ether oxygens (including phenoxy) is 1. The number of allylic oxidation sites excluding steroid dienone is 3. The van der Waals surface area contributed by atoms with Gasteiger partial charge in [-0.2, -0.15) is 0 Å². The molecule has 0 bridgehead atoms. The van der Waals surface area contributed by atoms with E-state index >= 15 is 0 Å². The van der Waals surface area contributed by atoms with Crippen LogP contribution in [0, 0.1) is 0 Å². The summed E-state index contributed by atoms with van der Waals surface area (Å²) in [4.78, 5) is 12.9. The van der Waals surface area contributed by atoms with E-state index in [1.807, 2.05) is 0 Å². The molecule has 2 N–H and O–H groups in total. The van der Waals surface area contributed by atoms with Crippen molar-refractivity contribution in [3.05, 3.63) is 47.8 Å². The van der Waals surface area contributed by atoms with Gasteiger partial charge < -0.3 is 10.5 Å². The quantitative estimate of drug-likeness (QED) is 0.794. The molecule has 0 saturated carbocycles. The van der Waals surface area contributed by atoms with Crippen molar-refractivity contribution in [3.63, 3.8) is 0 Å². The van der Waals surface area contributed by atoms with E-state index in [1.165, 1.54) is 18.2 Å². The van der Waals surface area contributed by atoms with Gasteiger partial charge in [-0.05, 0) is 56.2 Å². The topological polar surface area (TPSA) is 89.7 Å². The second-order valence-electron chi connectivity index (χ2n) is 6.98. The van der Waals surface area contributed by atoms with Gasteiger partial charge in [-0.25, -0.2) is 12.8 Å². The number of likely N-dealkylation sites (N-methyl/N-ethyl adjacent to an activating group) is 1. The Morgan fingerprint density at radius 2 is 2.19 bits per heavy atom. The number of hydrogen-bond donors (Lipinski definition) is 1. The molecule has 146 valence electrons. The predicted molar refractivity (Wildman–Crippen MR) is 99.8 cm³/mol. The largest absolute Gasteiger partial charge is 0.489 e. The van der Waals surface area contributed by atoms with E-state index < -0.39 is 26.8 Å². The number of halogens is 1. The molecule has 1 aliphatic heterocycles. The van der Waals surface area contributed by atoms with Crippen molar-refractivity contribution in [1.29, 1.82) is 0 Å². The number of rotatable bonds is 6. The molecule has 1 aromatic rings. The zero-order valence-electron chi connectivity index (χ0n) is 15.1. The van der Waals surface area contributed by atoms with Crippen LogP contribution in [0.15, 0.2) is 47.1 Å². The van der Waals surface area contributed by atoms with Crippen molar-refractivity contribution in [2.45, 2.75) is 35.5 Å². The highest BCUT2D eigenvalue weighted by Crippen LogP contribution is 2.33. The third-order valence-corrected chi connectivity index (χ3v) is 6.76. The summed E-state index contributed by atoms with van der Waals surface area (Å²) in [5.41, 5.74) is 6.14. The second kappa shape index (κ2) is 7.82. The maximum atomic E-state index is 13.5. The molecule has 1 aliphatic carbocycles. The van der Waals surface area contributed by atoms with Gasteiger partial charge in [0.2, 0.25) is 5.91 Å². The average Bonchev–Trinajstić information content (AvgIpc) is 2.60. The van der Waals surface area contributed by atoms with E-state index in [1.54, 1.807) is 24.1 Å². The van der Waals surface area contributed by atoms with E-state index in [4.69, 9.17) is 10.5 Å². The molecule has 0 radical (unpaired) electrons. The molecular weight excluding hydrogens is 371 g/mol. The normalized spacial score (nSPS) is 22.1. The first-order valence-electron chi connectivity index (χ1n) is 8.80. The van der Waals surface area contributed by atoms with Gasteiger partial charge in [-0.15, -0.1) is 0 Å². The summed E-state index contributed by atoms with van der Waals surface area (Å²) in [7, 11) is -1.92. The number of amides is 1. The Kier molecular flexibility index (Phi) is 5.67. The lowest BCUT2D eigenvalue weighted by Gasteiger charge is -2.29. The van der Waals surface area contributed by atoms with Crippen LogP contribution >= 0.6 is 0 Å². The van der Waals surface area contributed by atoms with Gasteiger partial charge in [-0.1, -0.05) is 12.1 Å². The zero-order valence-corrected chi connectivity index (χ0v) is 15.9. The third-order valence-electron chi connectivity index (χ3n) is 4.73. The Bertz CT molecular complexity index is 895. The number of hydrogen-bond acceptors (Lipinski definition) is 5. The molecule has 0 spiro atoms. The fraction of sp³-hybridized carbons (Fsp3) is 0.421. The van der Waals surface area contributed by atoms with E-state index in [2.05, 4.69) is 0 Å². The molecule has 27 heavy (non-hydrogen) atoms. The maximum Gasteiger partial charge on any atom is 0.231 e. The van der Waals surface area contributed by atoms with E-state index in [0.717, 1.165) is 24.5 Å². The van der Waals surface area contributed by atoms with Crippen molar-refractivity contribution < 1.29 is 22.3 Å². The summed E-state index contributed by atoms with van der Waals surface area (Å²) < 4.78 is 45.1. The first-order valence-corrected chi connectivity index (χ1v) is 10.3. The Morgan fingerprint density at radius 1 is 1.41 bits per heavy atom. The van der Waals surface area contributed by atoms with Crippen molar-refractivity contribution >= 4 is 15.7 Å². The summed E-state index contributed by atoms with van der Waals surface area (Å²) in [5, 5.41) is -0.915.